The topological polar surface area (TPSA) is 82.1 Å². The summed E-state index contributed by atoms with van der Waals surface area (Å²) in [5.74, 6) is -0.798. The smallest absolute Gasteiger partial charge is 0.317 e. The highest BCUT2D eigenvalue weighted by Crippen LogP contribution is 2.26. The minimum absolute atomic E-state index is 0.0218. The standard InChI is InChI=1S/C15H27N3O4/c1-3-17(10-14(19)20)12-7-11(8-12)16-15(21)18-6-4-5-13(9-18)22-2/h11-13H,3-10H2,1-2H3,(H,16,21)(H,19,20). The lowest BCUT2D eigenvalue weighted by Gasteiger charge is -2.43. The molecule has 0 aromatic heterocycles. The number of rotatable bonds is 6. The first kappa shape index (κ1) is 17.0. The third-order valence-corrected chi connectivity index (χ3v) is 4.70. The number of piperidine rings is 1. The first-order valence-electron chi connectivity index (χ1n) is 8.07. The fourth-order valence-corrected chi connectivity index (χ4v) is 3.26. The van der Waals surface area contributed by atoms with Gasteiger partial charge < -0.3 is 20.1 Å². The Hall–Kier alpha value is -1.34. The van der Waals surface area contributed by atoms with E-state index in [4.69, 9.17) is 9.84 Å². The number of likely N-dealkylation sites (tertiary alicyclic amines) is 1. The molecule has 1 unspecified atom stereocenters. The third kappa shape index (κ3) is 4.33. The molecule has 7 nitrogen and oxygen atoms in total. The van der Waals surface area contributed by atoms with Crippen molar-refractivity contribution in [1.29, 1.82) is 0 Å². The molecule has 1 atom stereocenters. The predicted octanol–water partition coefficient (Wildman–Crippen LogP) is 0.744. The lowest BCUT2D eigenvalue weighted by molar-refractivity contribution is -0.139. The molecule has 0 aromatic carbocycles. The van der Waals surface area contributed by atoms with Gasteiger partial charge in [0.05, 0.1) is 12.6 Å². The number of carbonyl (C=O) groups excluding carboxylic acids is 1. The van der Waals surface area contributed by atoms with Gasteiger partial charge in [-0.15, -0.1) is 0 Å². The van der Waals surface area contributed by atoms with Crippen LogP contribution >= 0.6 is 0 Å². The zero-order chi connectivity index (χ0) is 16.1. The Labute approximate surface area is 131 Å². The average Bonchev–Trinajstić information content (AvgIpc) is 2.48. The number of nitrogens with zero attached hydrogens (tertiary/aromatic N) is 2. The Morgan fingerprint density at radius 2 is 2.14 bits per heavy atom. The van der Waals surface area contributed by atoms with Crippen molar-refractivity contribution in [2.24, 2.45) is 0 Å². The number of ether oxygens (including phenoxy) is 1. The van der Waals surface area contributed by atoms with E-state index in [0.717, 1.165) is 38.8 Å². The molecule has 0 radical (unpaired) electrons. The van der Waals surface area contributed by atoms with Crippen LogP contribution in [0, 0.1) is 0 Å². The lowest BCUT2D eigenvalue weighted by Crippen LogP contribution is -2.58. The zero-order valence-electron chi connectivity index (χ0n) is 13.5. The van der Waals surface area contributed by atoms with E-state index in [1.807, 2.05) is 16.7 Å². The van der Waals surface area contributed by atoms with Crippen molar-refractivity contribution in [3.63, 3.8) is 0 Å². The zero-order valence-corrected chi connectivity index (χ0v) is 13.5. The van der Waals surface area contributed by atoms with Crippen LogP contribution < -0.4 is 5.32 Å². The number of methoxy groups -OCH3 is 1. The van der Waals surface area contributed by atoms with Gasteiger partial charge in [-0.2, -0.15) is 0 Å². The number of aliphatic carboxylic acids is 1. The normalized spacial score (nSPS) is 28.3. The number of nitrogens with one attached hydrogen (secondary N) is 1. The summed E-state index contributed by atoms with van der Waals surface area (Å²) in [6, 6.07) is 0.397. The van der Waals surface area contributed by atoms with Crippen LogP contribution in [0.3, 0.4) is 0 Å². The SMILES string of the molecule is CCN(CC(=O)O)C1CC(NC(=O)N2CCCC(OC)C2)C1. The maximum atomic E-state index is 12.2. The second kappa shape index (κ2) is 7.78. The van der Waals surface area contributed by atoms with E-state index in [1.54, 1.807) is 7.11 Å². The van der Waals surface area contributed by atoms with Gasteiger partial charge in [0, 0.05) is 32.3 Å². The minimum Gasteiger partial charge on any atom is -0.480 e. The van der Waals surface area contributed by atoms with Crippen molar-refractivity contribution in [3.05, 3.63) is 0 Å². The molecule has 2 N–H and O–H groups in total. The van der Waals surface area contributed by atoms with Gasteiger partial charge in [0.2, 0.25) is 0 Å². The van der Waals surface area contributed by atoms with Crippen LogP contribution in [-0.4, -0.2) is 78.4 Å². The highest BCUT2D eigenvalue weighted by molar-refractivity contribution is 5.74. The summed E-state index contributed by atoms with van der Waals surface area (Å²) in [5.41, 5.74) is 0. The molecule has 1 saturated carbocycles. The van der Waals surface area contributed by atoms with Gasteiger partial charge in [0.25, 0.3) is 0 Å². The van der Waals surface area contributed by atoms with Gasteiger partial charge >= 0.3 is 12.0 Å². The van der Waals surface area contributed by atoms with Crippen LogP contribution in [0.4, 0.5) is 4.79 Å². The fraction of sp³-hybridized carbons (Fsp3) is 0.867. The summed E-state index contributed by atoms with van der Waals surface area (Å²) in [5, 5.41) is 11.9. The van der Waals surface area contributed by atoms with E-state index in [9.17, 15) is 9.59 Å². The Kier molecular flexibility index (Phi) is 6.02. The van der Waals surface area contributed by atoms with E-state index >= 15 is 0 Å². The van der Waals surface area contributed by atoms with Gasteiger partial charge in [-0.1, -0.05) is 6.92 Å². The predicted molar refractivity (Wildman–Crippen MR) is 81.8 cm³/mol. The van der Waals surface area contributed by atoms with Crippen LogP contribution in [0.1, 0.15) is 32.6 Å². The molecule has 2 fully saturated rings. The maximum Gasteiger partial charge on any atom is 0.317 e. The fourth-order valence-electron chi connectivity index (χ4n) is 3.26. The van der Waals surface area contributed by atoms with Crippen molar-refractivity contribution in [2.45, 2.75) is 50.8 Å². The van der Waals surface area contributed by atoms with E-state index in [-0.39, 0.29) is 30.8 Å². The van der Waals surface area contributed by atoms with E-state index < -0.39 is 5.97 Å². The molecule has 2 aliphatic rings. The number of amides is 2. The molecule has 1 aliphatic carbocycles. The minimum atomic E-state index is -0.798. The third-order valence-electron chi connectivity index (χ3n) is 4.70. The van der Waals surface area contributed by atoms with Crippen molar-refractivity contribution < 1.29 is 19.4 Å². The Balaban J connectivity index is 1.72. The van der Waals surface area contributed by atoms with Crippen molar-refractivity contribution in [2.75, 3.05) is 33.3 Å². The average molecular weight is 313 g/mol. The molecule has 1 saturated heterocycles. The molecular formula is C15H27N3O4. The van der Waals surface area contributed by atoms with Gasteiger partial charge in [0.15, 0.2) is 0 Å². The van der Waals surface area contributed by atoms with Crippen molar-refractivity contribution in [1.82, 2.24) is 15.1 Å². The van der Waals surface area contributed by atoms with Gasteiger partial charge in [-0.3, -0.25) is 9.69 Å². The van der Waals surface area contributed by atoms with Gasteiger partial charge in [-0.05, 0) is 32.2 Å². The highest BCUT2D eigenvalue weighted by atomic mass is 16.5. The van der Waals surface area contributed by atoms with Crippen LogP contribution in [0.15, 0.2) is 0 Å². The summed E-state index contributed by atoms with van der Waals surface area (Å²) in [7, 11) is 1.68. The first-order chi connectivity index (χ1) is 10.5. The maximum absolute atomic E-state index is 12.2. The number of urea groups is 1. The molecule has 0 spiro atoms. The second-order valence-corrected chi connectivity index (χ2v) is 6.17. The monoisotopic (exact) mass is 313 g/mol. The molecule has 126 valence electrons. The number of carboxylic acids is 1. The van der Waals surface area contributed by atoms with Crippen molar-refractivity contribution in [3.8, 4) is 0 Å². The number of hydrogen-bond acceptors (Lipinski definition) is 4. The molecule has 1 aliphatic heterocycles. The molecule has 7 heteroatoms. The summed E-state index contributed by atoms with van der Waals surface area (Å²) in [6.07, 6.45) is 3.77. The molecule has 2 amide bonds. The number of hydrogen-bond donors (Lipinski definition) is 2. The first-order valence-corrected chi connectivity index (χ1v) is 8.07. The molecule has 2 rings (SSSR count). The highest BCUT2D eigenvalue weighted by Gasteiger charge is 2.35. The molecule has 1 heterocycles. The molecule has 0 bridgehead atoms. The van der Waals surface area contributed by atoms with E-state index in [0.29, 0.717) is 6.54 Å². The largest absolute Gasteiger partial charge is 0.480 e. The van der Waals surface area contributed by atoms with Crippen molar-refractivity contribution >= 4 is 12.0 Å². The summed E-state index contributed by atoms with van der Waals surface area (Å²) < 4.78 is 5.33. The molecule has 0 aromatic rings. The quantitative estimate of drug-likeness (QED) is 0.756. The van der Waals surface area contributed by atoms with E-state index in [2.05, 4.69) is 5.32 Å². The van der Waals surface area contributed by atoms with Gasteiger partial charge in [0.1, 0.15) is 0 Å². The molecular weight excluding hydrogens is 286 g/mol. The van der Waals surface area contributed by atoms with Crippen LogP contribution in [0.25, 0.3) is 0 Å². The number of carbonyl (C=O) groups is 2. The lowest BCUT2D eigenvalue weighted by atomic mass is 9.85. The van der Waals surface area contributed by atoms with E-state index in [1.165, 1.54) is 0 Å². The number of carboxylic acid groups (broad SMARTS) is 1. The van der Waals surface area contributed by atoms with Gasteiger partial charge in [-0.25, -0.2) is 4.79 Å². The summed E-state index contributed by atoms with van der Waals surface area (Å²) >= 11 is 0. The second-order valence-electron chi connectivity index (χ2n) is 6.17. The molecule has 22 heavy (non-hydrogen) atoms. The summed E-state index contributed by atoms with van der Waals surface area (Å²) in [6.45, 7) is 4.19. The summed E-state index contributed by atoms with van der Waals surface area (Å²) in [4.78, 5) is 26.8. The van der Waals surface area contributed by atoms with Crippen LogP contribution in [0.5, 0.6) is 0 Å². The Bertz CT molecular complexity index is 398. The van der Waals surface area contributed by atoms with Crippen LogP contribution in [0.2, 0.25) is 0 Å². The Morgan fingerprint density at radius 3 is 2.73 bits per heavy atom. The number of likely N-dealkylation sites (N-methyl/N-ethyl adjacent to an activating group) is 1. The Morgan fingerprint density at radius 1 is 1.41 bits per heavy atom. The van der Waals surface area contributed by atoms with Crippen LogP contribution in [-0.2, 0) is 9.53 Å².